The first-order valence-electron chi connectivity index (χ1n) is 5.96. The van der Waals surface area contributed by atoms with Crippen LogP contribution >= 0.6 is 0 Å². The van der Waals surface area contributed by atoms with Gasteiger partial charge in [0.15, 0.2) is 0 Å². The number of rotatable bonds is 4. The van der Waals surface area contributed by atoms with Gasteiger partial charge < -0.3 is 10.1 Å². The van der Waals surface area contributed by atoms with E-state index in [1.807, 2.05) is 13.1 Å². The quantitative estimate of drug-likeness (QED) is 0.810. The Balaban J connectivity index is 2.31. The molecular weight excluding hydrogens is 214 g/mol. The minimum atomic E-state index is -0.350. The van der Waals surface area contributed by atoms with Crippen LogP contribution in [-0.2, 0) is 9.53 Å². The lowest BCUT2D eigenvalue weighted by Crippen LogP contribution is -2.33. The third-order valence-corrected chi connectivity index (χ3v) is 3.60. The van der Waals surface area contributed by atoms with Gasteiger partial charge in [0.05, 0.1) is 12.5 Å². The van der Waals surface area contributed by atoms with Crippen LogP contribution in [0, 0.1) is 12.3 Å². The minimum absolute atomic E-state index is 0.0508. The van der Waals surface area contributed by atoms with Crippen molar-refractivity contribution in [1.29, 1.82) is 0 Å². The second-order valence-corrected chi connectivity index (χ2v) is 4.78. The molecule has 1 aliphatic rings. The van der Waals surface area contributed by atoms with Crippen molar-refractivity contribution in [3.05, 3.63) is 35.4 Å². The number of esters is 1. The summed E-state index contributed by atoms with van der Waals surface area (Å²) in [5.74, 6) is -0.0987. The number of hydrogen-bond acceptors (Lipinski definition) is 3. The van der Waals surface area contributed by atoms with Crippen LogP contribution in [0.4, 0.5) is 0 Å². The maximum Gasteiger partial charge on any atom is 0.313 e. The van der Waals surface area contributed by atoms with E-state index in [4.69, 9.17) is 4.74 Å². The topological polar surface area (TPSA) is 38.3 Å². The Labute approximate surface area is 102 Å². The van der Waals surface area contributed by atoms with Gasteiger partial charge in [0.25, 0.3) is 0 Å². The fourth-order valence-electron chi connectivity index (χ4n) is 2.56. The summed E-state index contributed by atoms with van der Waals surface area (Å²) < 4.78 is 4.93. The Kier molecular flexibility index (Phi) is 3.20. The molecule has 1 aromatic carbocycles. The summed E-state index contributed by atoms with van der Waals surface area (Å²) in [5.41, 5.74) is 2.02. The molecule has 3 heteroatoms. The molecular formula is C14H19NO2. The second kappa shape index (κ2) is 4.49. The first-order chi connectivity index (χ1) is 8.14. The van der Waals surface area contributed by atoms with Gasteiger partial charge in [-0.3, -0.25) is 4.79 Å². The van der Waals surface area contributed by atoms with Crippen LogP contribution in [0.25, 0.3) is 0 Å². The highest BCUT2D eigenvalue weighted by atomic mass is 16.5. The second-order valence-electron chi connectivity index (χ2n) is 4.78. The maximum atomic E-state index is 11.9. The molecule has 1 atom stereocenters. The SMILES string of the molecule is CNC(c1cccc(C)c1)C1(C(=O)OC)CC1. The smallest absolute Gasteiger partial charge is 0.313 e. The van der Waals surface area contributed by atoms with Crippen LogP contribution in [0.3, 0.4) is 0 Å². The summed E-state index contributed by atoms with van der Waals surface area (Å²) >= 11 is 0. The zero-order chi connectivity index (χ0) is 12.5. The molecule has 0 aromatic heterocycles. The maximum absolute atomic E-state index is 11.9. The average Bonchev–Trinajstić information content (AvgIpc) is 3.11. The number of aryl methyl sites for hydroxylation is 1. The molecule has 0 saturated heterocycles. The van der Waals surface area contributed by atoms with E-state index < -0.39 is 0 Å². The lowest BCUT2D eigenvalue weighted by Gasteiger charge is -2.25. The van der Waals surface area contributed by atoms with Gasteiger partial charge in [-0.1, -0.05) is 29.8 Å². The highest BCUT2D eigenvalue weighted by Gasteiger charge is 2.56. The number of methoxy groups -OCH3 is 1. The van der Waals surface area contributed by atoms with Crippen molar-refractivity contribution in [3.8, 4) is 0 Å². The van der Waals surface area contributed by atoms with E-state index in [1.54, 1.807) is 0 Å². The normalized spacial score (nSPS) is 18.5. The summed E-state index contributed by atoms with van der Waals surface area (Å²) in [6.45, 7) is 2.06. The zero-order valence-corrected chi connectivity index (χ0v) is 10.6. The Morgan fingerprint density at radius 3 is 2.65 bits per heavy atom. The van der Waals surface area contributed by atoms with E-state index in [-0.39, 0.29) is 17.4 Å². The Morgan fingerprint density at radius 1 is 1.47 bits per heavy atom. The number of carbonyl (C=O) groups excluding carboxylic acids is 1. The van der Waals surface area contributed by atoms with E-state index in [2.05, 4.69) is 30.4 Å². The van der Waals surface area contributed by atoms with Gasteiger partial charge in [0.2, 0.25) is 0 Å². The minimum Gasteiger partial charge on any atom is -0.469 e. The molecule has 0 heterocycles. The average molecular weight is 233 g/mol. The van der Waals surface area contributed by atoms with Crippen molar-refractivity contribution in [3.63, 3.8) is 0 Å². The van der Waals surface area contributed by atoms with Crippen molar-refractivity contribution in [1.82, 2.24) is 5.32 Å². The molecule has 1 aromatic rings. The number of ether oxygens (including phenoxy) is 1. The van der Waals surface area contributed by atoms with Gasteiger partial charge in [-0.15, -0.1) is 0 Å². The van der Waals surface area contributed by atoms with E-state index in [0.29, 0.717) is 0 Å². The van der Waals surface area contributed by atoms with Gasteiger partial charge in [-0.25, -0.2) is 0 Å². The summed E-state index contributed by atoms with van der Waals surface area (Å²) in [7, 11) is 3.36. The van der Waals surface area contributed by atoms with E-state index in [0.717, 1.165) is 18.4 Å². The third kappa shape index (κ3) is 2.07. The molecule has 0 spiro atoms. The van der Waals surface area contributed by atoms with Crippen LogP contribution in [0.15, 0.2) is 24.3 Å². The Bertz CT molecular complexity index is 424. The van der Waals surface area contributed by atoms with E-state index in [9.17, 15) is 4.79 Å². The van der Waals surface area contributed by atoms with Gasteiger partial charge >= 0.3 is 5.97 Å². The van der Waals surface area contributed by atoms with Crippen molar-refractivity contribution >= 4 is 5.97 Å². The largest absolute Gasteiger partial charge is 0.469 e. The molecule has 92 valence electrons. The van der Waals surface area contributed by atoms with Crippen LogP contribution in [0.2, 0.25) is 0 Å². The van der Waals surface area contributed by atoms with Crippen LogP contribution in [0.1, 0.15) is 30.0 Å². The molecule has 0 radical (unpaired) electrons. The van der Waals surface area contributed by atoms with Crippen molar-refractivity contribution in [2.45, 2.75) is 25.8 Å². The lowest BCUT2D eigenvalue weighted by molar-refractivity contribution is -0.148. The van der Waals surface area contributed by atoms with Gasteiger partial charge in [0.1, 0.15) is 0 Å². The monoisotopic (exact) mass is 233 g/mol. The number of hydrogen-bond donors (Lipinski definition) is 1. The Hall–Kier alpha value is -1.35. The van der Waals surface area contributed by atoms with E-state index in [1.165, 1.54) is 12.7 Å². The molecule has 2 rings (SSSR count). The van der Waals surface area contributed by atoms with Gasteiger partial charge in [-0.05, 0) is 32.4 Å². The van der Waals surface area contributed by atoms with Crippen molar-refractivity contribution in [2.75, 3.05) is 14.2 Å². The molecule has 0 bridgehead atoms. The first kappa shape index (κ1) is 12.1. The Morgan fingerprint density at radius 2 is 2.18 bits per heavy atom. The summed E-state index contributed by atoms with van der Waals surface area (Å²) in [6.07, 6.45) is 1.80. The highest BCUT2D eigenvalue weighted by molar-refractivity contribution is 5.81. The number of carbonyl (C=O) groups is 1. The van der Waals surface area contributed by atoms with Gasteiger partial charge in [0, 0.05) is 6.04 Å². The molecule has 1 unspecified atom stereocenters. The fourth-order valence-corrected chi connectivity index (χ4v) is 2.56. The zero-order valence-electron chi connectivity index (χ0n) is 10.6. The highest BCUT2D eigenvalue weighted by Crippen LogP contribution is 2.55. The molecule has 1 N–H and O–H groups in total. The van der Waals surface area contributed by atoms with Crippen molar-refractivity contribution < 1.29 is 9.53 Å². The molecule has 0 aliphatic heterocycles. The third-order valence-electron chi connectivity index (χ3n) is 3.60. The van der Waals surface area contributed by atoms with Crippen molar-refractivity contribution in [2.24, 2.45) is 5.41 Å². The molecule has 3 nitrogen and oxygen atoms in total. The summed E-state index contributed by atoms with van der Waals surface area (Å²) in [5, 5.41) is 3.26. The molecule has 17 heavy (non-hydrogen) atoms. The molecule has 1 fully saturated rings. The van der Waals surface area contributed by atoms with Crippen LogP contribution in [-0.4, -0.2) is 20.1 Å². The molecule has 1 aliphatic carbocycles. The van der Waals surface area contributed by atoms with Gasteiger partial charge in [-0.2, -0.15) is 0 Å². The van der Waals surface area contributed by atoms with Crippen LogP contribution < -0.4 is 5.32 Å². The predicted octanol–water partition coefficient (Wildman–Crippen LogP) is 2.21. The molecule has 0 amide bonds. The molecule has 1 saturated carbocycles. The lowest BCUT2D eigenvalue weighted by atomic mass is 9.89. The number of nitrogens with one attached hydrogen (secondary N) is 1. The summed E-state index contributed by atoms with van der Waals surface area (Å²) in [6, 6.07) is 8.34. The predicted molar refractivity (Wildman–Crippen MR) is 66.7 cm³/mol. The summed E-state index contributed by atoms with van der Waals surface area (Å²) in [4.78, 5) is 11.9. The fraction of sp³-hybridized carbons (Fsp3) is 0.500. The van der Waals surface area contributed by atoms with Crippen LogP contribution in [0.5, 0.6) is 0 Å². The number of benzene rings is 1. The van der Waals surface area contributed by atoms with E-state index >= 15 is 0 Å². The standard InChI is InChI=1S/C14H19NO2/c1-10-5-4-6-11(9-10)12(15-2)14(7-8-14)13(16)17-3/h4-6,9,12,15H,7-8H2,1-3H3. The first-order valence-corrected chi connectivity index (χ1v) is 5.96.